The summed E-state index contributed by atoms with van der Waals surface area (Å²) in [5.74, 6) is 0. The summed E-state index contributed by atoms with van der Waals surface area (Å²) in [6, 6.07) is 0.105. The number of nitrogens with one attached hydrogen (secondary N) is 1. The minimum Gasteiger partial charge on any atom is -0.381 e. The molecule has 0 radical (unpaired) electrons. The third-order valence-corrected chi connectivity index (χ3v) is 3.44. The molecule has 2 heterocycles. The third-order valence-electron chi connectivity index (χ3n) is 3.44. The van der Waals surface area contributed by atoms with Crippen LogP contribution in [0.15, 0.2) is 0 Å². The van der Waals surface area contributed by atoms with E-state index in [2.05, 4.69) is 5.32 Å². The van der Waals surface area contributed by atoms with Crippen LogP contribution in [0.4, 0.5) is 0 Å². The van der Waals surface area contributed by atoms with Crippen LogP contribution in [0.3, 0.4) is 0 Å². The number of hydrogen-bond acceptors (Lipinski definition) is 3. The first kappa shape index (κ1) is 9.16. The van der Waals surface area contributed by atoms with Gasteiger partial charge in [-0.25, -0.2) is 0 Å². The summed E-state index contributed by atoms with van der Waals surface area (Å²) in [7, 11) is 0. The highest BCUT2D eigenvalue weighted by atomic mass is 16.5. The van der Waals surface area contributed by atoms with Crippen molar-refractivity contribution >= 4 is 6.29 Å². The average Bonchev–Trinajstić information content (AvgIpc) is 2.20. The van der Waals surface area contributed by atoms with Crippen LogP contribution in [0.5, 0.6) is 0 Å². The maximum atomic E-state index is 10.5. The molecule has 0 aromatic carbocycles. The zero-order valence-corrected chi connectivity index (χ0v) is 7.92. The second-order valence-electron chi connectivity index (χ2n) is 4.27. The molecule has 0 bridgehead atoms. The maximum absolute atomic E-state index is 10.5. The minimum absolute atomic E-state index is 0.105. The minimum atomic E-state index is 0.105. The van der Waals surface area contributed by atoms with E-state index in [0.29, 0.717) is 5.41 Å². The van der Waals surface area contributed by atoms with Gasteiger partial charge in [-0.3, -0.25) is 0 Å². The van der Waals surface area contributed by atoms with Crippen molar-refractivity contribution in [3.05, 3.63) is 0 Å². The van der Waals surface area contributed by atoms with Crippen molar-refractivity contribution < 1.29 is 9.53 Å². The van der Waals surface area contributed by atoms with Crippen molar-refractivity contribution in [3.8, 4) is 0 Å². The summed E-state index contributed by atoms with van der Waals surface area (Å²) in [4.78, 5) is 10.5. The molecular weight excluding hydrogens is 166 g/mol. The van der Waals surface area contributed by atoms with Gasteiger partial charge in [-0.1, -0.05) is 0 Å². The van der Waals surface area contributed by atoms with Gasteiger partial charge in [0.25, 0.3) is 0 Å². The van der Waals surface area contributed by atoms with Gasteiger partial charge < -0.3 is 14.8 Å². The second-order valence-corrected chi connectivity index (χ2v) is 4.27. The smallest absolute Gasteiger partial charge is 0.136 e. The van der Waals surface area contributed by atoms with E-state index in [4.69, 9.17) is 4.74 Å². The molecule has 2 aliphatic rings. The fraction of sp³-hybridized carbons (Fsp3) is 0.900. The van der Waals surface area contributed by atoms with Gasteiger partial charge in [0.15, 0.2) is 0 Å². The van der Waals surface area contributed by atoms with E-state index in [1.54, 1.807) is 0 Å². The first-order valence-corrected chi connectivity index (χ1v) is 5.11. The van der Waals surface area contributed by atoms with Crippen molar-refractivity contribution in [2.24, 2.45) is 5.41 Å². The van der Waals surface area contributed by atoms with Crippen molar-refractivity contribution in [2.75, 3.05) is 19.8 Å². The highest BCUT2D eigenvalue weighted by molar-refractivity contribution is 5.57. The van der Waals surface area contributed by atoms with Gasteiger partial charge in [0.05, 0.1) is 6.04 Å². The monoisotopic (exact) mass is 183 g/mol. The zero-order valence-electron chi connectivity index (χ0n) is 7.92. The molecule has 2 saturated heterocycles. The van der Waals surface area contributed by atoms with Gasteiger partial charge in [0.1, 0.15) is 6.29 Å². The first-order valence-electron chi connectivity index (χ1n) is 5.11. The predicted octanol–water partition coefficient (Wildman–Crippen LogP) is 0.734. The number of piperidine rings is 1. The predicted molar refractivity (Wildman–Crippen MR) is 49.6 cm³/mol. The molecule has 1 N–H and O–H groups in total. The van der Waals surface area contributed by atoms with Crippen LogP contribution >= 0.6 is 0 Å². The van der Waals surface area contributed by atoms with E-state index in [-0.39, 0.29) is 6.04 Å². The fourth-order valence-electron chi connectivity index (χ4n) is 2.35. The number of ether oxygens (including phenoxy) is 1. The normalized spacial score (nSPS) is 33.1. The lowest BCUT2D eigenvalue weighted by Crippen LogP contribution is -2.48. The largest absolute Gasteiger partial charge is 0.381 e. The van der Waals surface area contributed by atoms with Crippen LogP contribution in [0.1, 0.15) is 25.7 Å². The zero-order chi connectivity index (χ0) is 9.15. The first-order chi connectivity index (χ1) is 6.35. The molecule has 2 fully saturated rings. The van der Waals surface area contributed by atoms with Crippen LogP contribution in [0.2, 0.25) is 0 Å². The molecule has 3 heteroatoms. The molecule has 0 amide bonds. The molecule has 0 aromatic heterocycles. The Morgan fingerprint density at radius 3 is 2.62 bits per heavy atom. The molecule has 0 aromatic rings. The quantitative estimate of drug-likeness (QED) is 0.609. The summed E-state index contributed by atoms with van der Waals surface area (Å²) < 4.78 is 5.35. The van der Waals surface area contributed by atoms with E-state index < -0.39 is 0 Å². The summed E-state index contributed by atoms with van der Waals surface area (Å²) in [6.07, 6.45) is 5.54. The topological polar surface area (TPSA) is 38.3 Å². The molecule has 1 unspecified atom stereocenters. The summed E-state index contributed by atoms with van der Waals surface area (Å²) in [6.45, 7) is 2.79. The Morgan fingerprint density at radius 2 is 2.08 bits per heavy atom. The van der Waals surface area contributed by atoms with Crippen LogP contribution in [-0.2, 0) is 9.53 Å². The molecule has 1 spiro atoms. The average molecular weight is 183 g/mol. The molecule has 13 heavy (non-hydrogen) atoms. The number of carbonyl (C=O) groups is 1. The second kappa shape index (κ2) is 3.76. The lowest BCUT2D eigenvalue weighted by molar-refractivity contribution is -0.111. The molecule has 74 valence electrons. The van der Waals surface area contributed by atoms with E-state index in [9.17, 15) is 4.79 Å². The molecule has 0 aliphatic carbocycles. The van der Waals surface area contributed by atoms with E-state index in [1.807, 2.05) is 0 Å². The van der Waals surface area contributed by atoms with Crippen molar-refractivity contribution in [2.45, 2.75) is 31.7 Å². The van der Waals surface area contributed by atoms with Crippen molar-refractivity contribution in [1.29, 1.82) is 0 Å². The van der Waals surface area contributed by atoms with E-state index >= 15 is 0 Å². The molecular formula is C10H17NO2. The molecule has 0 saturated carbocycles. The molecule has 2 aliphatic heterocycles. The maximum Gasteiger partial charge on any atom is 0.136 e. The Hall–Kier alpha value is -0.410. The SMILES string of the molecule is O=CC1CCC2(CCOCC2)CN1. The summed E-state index contributed by atoms with van der Waals surface area (Å²) in [5, 5.41) is 3.31. The number of hydrogen-bond donors (Lipinski definition) is 1. The fourth-order valence-corrected chi connectivity index (χ4v) is 2.35. The van der Waals surface area contributed by atoms with Crippen LogP contribution in [0.25, 0.3) is 0 Å². The Balaban J connectivity index is 1.91. The van der Waals surface area contributed by atoms with Gasteiger partial charge in [0, 0.05) is 19.8 Å². The van der Waals surface area contributed by atoms with Crippen molar-refractivity contribution in [1.82, 2.24) is 5.32 Å². The lowest BCUT2D eigenvalue weighted by atomic mass is 9.73. The standard InChI is InChI=1S/C10H17NO2/c12-7-9-1-2-10(8-11-9)3-5-13-6-4-10/h7,9,11H,1-6,8H2. The Labute approximate surface area is 78.8 Å². The van der Waals surface area contributed by atoms with E-state index in [1.165, 1.54) is 6.42 Å². The molecule has 1 atom stereocenters. The van der Waals surface area contributed by atoms with Crippen LogP contribution in [0, 0.1) is 5.41 Å². The molecule has 3 nitrogen and oxygen atoms in total. The Morgan fingerprint density at radius 1 is 1.31 bits per heavy atom. The van der Waals surface area contributed by atoms with Crippen LogP contribution < -0.4 is 5.32 Å². The van der Waals surface area contributed by atoms with Crippen molar-refractivity contribution in [3.63, 3.8) is 0 Å². The summed E-state index contributed by atoms with van der Waals surface area (Å²) in [5.41, 5.74) is 0.442. The van der Waals surface area contributed by atoms with Gasteiger partial charge >= 0.3 is 0 Å². The number of rotatable bonds is 1. The third kappa shape index (κ3) is 1.92. The van der Waals surface area contributed by atoms with Gasteiger partial charge in [0.2, 0.25) is 0 Å². The highest BCUT2D eigenvalue weighted by Gasteiger charge is 2.36. The molecule has 2 rings (SSSR count). The Kier molecular flexibility index (Phi) is 2.65. The highest BCUT2D eigenvalue weighted by Crippen LogP contribution is 2.37. The Bertz CT molecular complexity index is 177. The van der Waals surface area contributed by atoms with E-state index in [0.717, 1.165) is 45.3 Å². The van der Waals surface area contributed by atoms with Gasteiger partial charge in [-0.05, 0) is 31.1 Å². The van der Waals surface area contributed by atoms with Gasteiger partial charge in [-0.2, -0.15) is 0 Å². The van der Waals surface area contributed by atoms with Gasteiger partial charge in [-0.15, -0.1) is 0 Å². The number of aldehydes is 1. The lowest BCUT2D eigenvalue weighted by Gasteiger charge is -2.42. The van der Waals surface area contributed by atoms with Crippen LogP contribution in [-0.4, -0.2) is 32.1 Å². The number of carbonyl (C=O) groups excluding carboxylic acids is 1. The summed E-state index contributed by atoms with van der Waals surface area (Å²) >= 11 is 0.